The van der Waals surface area contributed by atoms with E-state index in [1.807, 2.05) is 0 Å². The van der Waals surface area contributed by atoms with Crippen LogP contribution in [0.4, 0.5) is 5.13 Å². The molecule has 0 aromatic carbocycles. The van der Waals surface area contributed by atoms with Gasteiger partial charge in [0.15, 0.2) is 5.13 Å². The molecule has 2 fully saturated rings. The lowest BCUT2D eigenvalue weighted by atomic mass is 10.2. The summed E-state index contributed by atoms with van der Waals surface area (Å²) in [5.41, 5.74) is 1.08. The molecule has 8 heteroatoms. The van der Waals surface area contributed by atoms with Gasteiger partial charge in [-0.3, -0.25) is 4.90 Å². The molecule has 124 valence electrons. The van der Waals surface area contributed by atoms with E-state index < -0.39 is 10.0 Å². The van der Waals surface area contributed by atoms with Crippen molar-refractivity contribution >= 4 is 26.5 Å². The van der Waals surface area contributed by atoms with E-state index in [4.69, 9.17) is 4.98 Å². The predicted molar refractivity (Wildman–Crippen MR) is 89.8 cm³/mol. The summed E-state index contributed by atoms with van der Waals surface area (Å²) in [7, 11) is 1.11. The quantitative estimate of drug-likeness (QED) is 0.776. The average molecular weight is 345 g/mol. The van der Waals surface area contributed by atoms with Gasteiger partial charge in [0.25, 0.3) is 0 Å². The fourth-order valence-corrected chi connectivity index (χ4v) is 4.64. The maximum absolute atomic E-state index is 11.6. The van der Waals surface area contributed by atoms with E-state index >= 15 is 0 Å². The summed E-state index contributed by atoms with van der Waals surface area (Å²) in [5, 5.41) is 3.21. The molecule has 1 saturated heterocycles. The third-order valence-corrected chi connectivity index (χ3v) is 6.82. The van der Waals surface area contributed by atoms with Crippen LogP contribution in [-0.2, 0) is 16.6 Å². The first-order valence-corrected chi connectivity index (χ1v) is 10.4. The van der Waals surface area contributed by atoms with Crippen molar-refractivity contribution in [1.82, 2.24) is 14.2 Å². The van der Waals surface area contributed by atoms with Gasteiger partial charge in [-0.15, -0.1) is 11.3 Å². The van der Waals surface area contributed by atoms with Gasteiger partial charge in [0, 0.05) is 44.1 Å². The van der Waals surface area contributed by atoms with Gasteiger partial charge in [0.05, 0.1) is 11.9 Å². The monoisotopic (exact) mass is 344 g/mol. The van der Waals surface area contributed by atoms with Crippen LogP contribution < -0.4 is 4.90 Å². The molecule has 0 radical (unpaired) electrons. The number of nitrogens with zero attached hydrogens (tertiary/aromatic N) is 4. The topological polar surface area (TPSA) is 56.8 Å². The third-order valence-electron chi connectivity index (χ3n) is 4.57. The average Bonchev–Trinajstić information content (AvgIpc) is 2.98. The number of hydrogen-bond acceptors (Lipinski definition) is 6. The molecule has 1 saturated carbocycles. The van der Waals surface area contributed by atoms with Crippen LogP contribution in [0, 0.1) is 0 Å². The van der Waals surface area contributed by atoms with Gasteiger partial charge in [0.2, 0.25) is 10.0 Å². The Morgan fingerprint density at radius 1 is 1.32 bits per heavy atom. The lowest BCUT2D eigenvalue weighted by molar-refractivity contribution is 0.239. The number of likely N-dealkylation sites (N-methyl/N-ethyl adjacent to an activating group) is 1. The van der Waals surface area contributed by atoms with Gasteiger partial charge < -0.3 is 4.90 Å². The minimum Gasteiger partial charge on any atom is -0.348 e. The van der Waals surface area contributed by atoms with Crippen LogP contribution in [0.2, 0.25) is 0 Å². The minimum atomic E-state index is -3.07. The molecule has 1 aliphatic carbocycles. The molecule has 6 nitrogen and oxygen atoms in total. The Balaban J connectivity index is 1.57. The van der Waals surface area contributed by atoms with Gasteiger partial charge in [-0.25, -0.2) is 17.7 Å². The highest BCUT2D eigenvalue weighted by Gasteiger charge is 2.31. The van der Waals surface area contributed by atoms with Crippen LogP contribution in [0.3, 0.4) is 0 Å². The summed E-state index contributed by atoms with van der Waals surface area (Å²) in [5.74, 6) is 0. The highest BCUT2D eigenvalue weighted by atomic mass is 32.2. The van der Waals surface area contributed by atoms with Crippen LogP contribution in [0.5, 0.6) is 0 Å². The first-order valence-electron chi connectivity index (χ1n) is 7.67. The zero-order valence-electron chi connectivity index (χ0n) is 13.4. The van der Waals surface area contributed by atoms with Crippen molar-refractivity contribution in [3.8, 4) is 0 Å². The zero-order chi connectivity index (χ0) is 15.9. The lowest BCUT2D eigenvalue weighted by Crippen LogP contribution is -2.35. The molecule has 3 rings (SSSR count). The zero-order valence-corrected chi connectivity index (χ0v) is 15.0. The maximum Gasteiger partial charge on any atom is 0.211 e. The molecule has 1 aromatic heterocycles. The Morgan fingerprint density at radius 2 is 2.05 bits per heavy atom. The minimum absolute atomic E-state index is 0.279. The van der Waals surface area contributed by atoms with E-state index in [-0.39, 0.29) is 6.04 Å². The van der Waals surface area contributed by atoms with Gasteiger partial charge >= 0.3 is 0 Å². The van der Waals surface area contributed by atoms with Crippen LogP contribution in [0.1, 0.15) is 25.0 Å². The molecule has 1 unspecified atom stereocenters. The third kappa shape index (κ3) is 3.61. The fourth-order valence-electron chi connectivity index (χ4n) is 2.91. The summed E-state index contributed by atoms with van der Waals surface area (Å²) >= 11 is 1.70. The largest absolute Gasteiger partial charge is 0.348 e. The number of thiazole rings is 1. The summed E-state index contributed by atoms with van der Waals surface area (Å²) in [4.78, 5) is 9.22. The maximum atomic E-state index is 11.6. The SMILES string of the molecule is CN(Cc1csc(N(C)C2CC2)n1)C1CCN(S(C)(=O)=O)C1. The van der Waals surface area contributed by atoms with E-state index in [1.165, 1.54) is 19.1 Å². The standard InChI is InChI=1S/C14H24N4O2S2/c1-16(13-6-7-18(9-13)22(3,19)20)8-11-10-21-14(15-11)17(2)12-4-5-12/h10,12-13H,4-9H2,1-3H3. The van der Waals surface area contributed by atoms with E-state index in [0.717, 1.165) is 23.8 Å². The van der Waals surface area contributed by atoms with Crippen molar-refractivity contribution < 1.29 is 8.42 Å². The number of rotatable bonds is 6. The summed E-state index contributed by atoms with van der Waals surface area (Å²) in [6.45, 7) is 1.99. The number of anilines is 1. The smallest absolute Gasteiger partial charge is 0.211 e. The second kappa shape index (κ2) is 6.07. The molecule has 22 heavy (non-hydrogen) atoms. The molecule has 2 heterocycles. The molecule has 1 atom stereocenters. The van der Waals surface area contributed by atoms with Crippen LogP contribution in [0.15, 0.2) is 5.38 Å². The molecule has 2 aliphatic rings. The van der Waals surface area contributed by atoms with E-state index in [9.17, 15) is 8.42 Å². The molecule has 0 spiro atoms. The van der Waals surface area contributed by atoms with Crippen LogP contribution >= 0.6 is 11.3 Å². The van der Waals surface area contributed by atoms with Crippen molar-refractivity contribution in [3.05, 3.63) is 11.1 Å². The molecular weight excluding hydrogens is 320 g/mol. The molecule has 1 aromatic rings. The first-order chi connectivity index (χ1) is 10.3. The second-order valence-electron chi connectivity index (χ2n) is 6.44. The Hall–Kier alpha value is -0.700. The second-order valence-corrected chi connectivity index (χ2v) is 9.26. The van der Waals surface area contributed by atoms with Crippen molar-refractivity contribution in [2.75, 3.05) is 38.3 Å². The number of hydrogen-bond donors (Lipinski definition) is 0. The summed E-state index contributed by atoms with van der Waals surface area (Å²) < 4.78 is 24.8. The molecule has 0 amide bonds. The molecule has 0 N–H and O–H groups in total. The van der Waals surface area contributed by atoms with E-state index in [1.54, 1.807) is 15.6 Å². The molecular formula is C14H24N4O2S2. The predicted octanol–water partition coefficient (Wildman–Crippen LogP) is 1.21. The van der Waals surface area contributed by atoms with E-state index in [0.29, 0.717) is 19.1 Å². The van der Waals surface area contributed by atoms with Crippen molar-refractivity contribution in [3.63, 3.8) is 0 Å². The van der Waals surface area contributed by atoms with Crippen molar-refractivity contribution in [2.45, 2.75) is 37.9 Å². The highest BCUT2D eigenvalue weighted by molar-refractivity contribution is 7.88. The van der Waals surface area contributed by atoms with Gasteiger partial charge in [-0.2, -0.15) is 0 Å². The summed E-state index contributed by atoms with van der Waals surface area (Å²) in [6, 6.07) is 0.955. The van der Waals surface area contributed by atoms with Gasteiger partial charge in [-0.05, 0) is 26.3 Å². The first kappa shape index (κ1) is 16.2. The molecule has 1 aliphatic heterocycles. The Kier molecular flexibility index (Phi) is 4.46. The Bertz CT molecular complexity index is 627. The van der Waals surface area contributed by atoms with Gasteiger partial charge in [-0.1, -0.05) is 0 Å². The highest BCUT2D eigenvalue weighted by Crippen LogP contribution is 2.32. The Labute approximate surface area is 136 Å². The summed E-state index contributed by atoms with van der Waals surface area (Å²) in [6.07, 6.45) is 4.72. The lowest BCUT2D eigenvalue weighted by Gasteiger charge is -2.23. The van der Waals surface area contributed by atoms with Crippen molar-refractivity contribution in [1.29, 1.82) is 0 Å². The van der Waals surface area contributed by atoms with E-state index in [2.05, 4.69) is 29.3 Å². The van der Waals surface area contributed by atoms with Crippen LogP contribution in [0.25, 0.3) is 0 Å². The van der Waals surface area contributed by atoms with Gasteiger partial charge in [0.1, 0.15) is 0 Å². The number of sulfonamides is 1. The van der Waals surface area contributed by atoms with Crippen molar-refractivity contribution in [2.24, 2.45) is 0 Å². The Morgan fingerprint density at radius 3 is 2.64 bits per heavy atom. The fraction of sp³-hybridized carbons (Fsp3) is 0.786. The van der Waals surface area contributed by atoms with Crippen LogP contribution in [-0.4, -0.2) is 68.1 Å². The normalized spacial score (nSPS) is 23.4. The molecule has 0 bridgehead atoms. The number of aromatic nitrogens is 1.